The lowest BCUT2D eigenvalue weighted by Crippen LogP contribution is -1.99. The third-order valence-corrected chi connectivity index (χ3v) is 3.21. The molecule has 0 aliphatic rings. The number of nitrogens with two attached hydrogens (primary N) is 2. The summed E-state index contributed by atoms with van der Waals surface area (Å²) in [6.45, 7) is 0. The monoisotopic (exact) mass is 247 g/mol. The molecular formula is C12H11N2O2S-. The van der Waals surface area contributed by atoms with Gasteiger partial charge in [-0.3, -0.25) is 4.21 Å². The van der Waals surface area contributed by atoms with E-state index in [1.165, 1.54) is 6.07 Å². The molecule has 4 nitrogen and oxygen atoms in total. The van der Waals surface area contributed by atoms with E-state index in [0.29, 0.717) is 22.5 Å². The molecule has 0 bridgehead atoms. The number of hydrogen-bond acceptors (Lipinski definition) is 4. The Morgan fingerprint density at radius 3 is 2.29 bits per heavy atom. The van der Waals surface area contributed by atoms with E-state index in [2.05, 4.69) is 0 Å². The first-order chi connectivity index (χ1) is 8.11. The topological polar surface area (TPSA) is 92.2 Å². The molecule has 17 heavy (non-hydrogen) atoms. The molecular weight excluding hydrogens is 236 g/mol. The van der Waals surface area contributed by atoms with Crippen molar-refractivity contribution in [2.75, 3.05) is 11.5 Å². The Kier molecular flexibility index (Phi) is 3.12. The average molecular weight is 247 g/mol. The Labute approximate surface area is 102 Å². The molecule has 0 aromatic heterocycles. The Bertz CT molecular complexity index is 584. The van der Waals surface area contributed by atoms with Crippen molar-refractivity contribution in [2.24, 2.45) is 0 Å². The summed E-state index contributed by atoms with van der Waals surface area (Å²) in [4.78, 5) is 0.213. The number of para-hydroxylation sites is 1. The highest BCUT2D eigenvalue weighted by atomic mass is 32.2. The van der Waals surface area contributed by atoms with Gasteiger partial charge in [-0.05, 0) is 28.8 Å². The van der Waals surface area contributed by atoms with Crippen LogP contribution in [0.25, 0.3) is 11.1 Å². The fourth-order valence-corrected chi connectivity index (χ4v) is 2.20. The SMILES string of the molecule is Nc1cccc(-c2ccccc2S(=O)[O-])c1N. The van der Waals surface area contributed by atoms with Gasteiger partial charge in [-0.25, -0.2) is 0 Å². The second-order valence-corrected chi connectivity index (χ2v) is 4.45. The Hall–Kier alpha value is -1.85. The quantitative estimate of drug-likeness (QED) is 0.624. The van der Waals surface area contributed by atoms with Gasteiger partial charge in [0.25, 0.3) is 0 Å². The van der Waals surface area contributed by atoms with Gasteiger partial charge in [0.1, 0.15) is 0 Å². The normalized spacial score (nSPS) is 12.3. The van der Waals surface area contributed by atoms with Crippen LogP contribution < -0.4 is 11.5 Å². The molecule has 0 aliphatic heterocycles. The van der Waals surface area contributed by atoms with E-state index in [9.17, 15) is 8.76 Å². The third kappa shape index (κ3) is 2.15. The van der Waals surface area contributed by atoms with E-state index in [0.717, 1.165) is 0 Å². The molecule has 0 amide bonds. The summed E-state index contributed by atoms with van der Waals surface area (Å²) in [6.07, 6.45) is 0. The minimum atomic E-state index is -2.30. The van der Waals surface area contributed by atoms with Crippen molar-refractivity contribution >= 4 is 22.5 Å². The highest BCUT2D eigenvalue weighted by Crippen LogP contribution is 2.33. The van der Waals surface area contributed by atoms with Crippen molar-refractivity contribution in [3.05, 3.63) is 42.5 Å². The molecule has 0 heterocycles. The van der Waals surface area contributed by atoms with Crippen molar-refractivity contribution in [1.29, 1.82) is 0 Å². The highest BCUT2D eigenvalue weighted by molar-refractivity contribution is 7.79. The predicted octanol–water partition coefficient (Wildman–Crippen LogP) is 1.76. The van der Waals surface area contributed by atoms with Gasteiger partial charge in [-0.15, -0.1) is 0 Å². The molecule has 88 valence electrons. The van der Waals surface area contributed by atoms with E-state index < -0.39 is 11.1 Å². The van der Waals surface area contributed by atoms with Crippen LogP contribution in [-0.4, -0.2) is 8.76 Å². The van der Waals surface area contributed by atoms with Crippen LogP contribution in [-0.2, 0) is 11.1 Å². The zero-order chi connectivity index (χ0) is 12.4. The van der Waals surface area contributed by atoms with Crippen LogP contribution in [0.1, 0.15) is 0 Å². The van der Waals surface area contributed by atoms with Crippen molar-refractivity contribution in [3.8, 4) is 11.1 Å². The van der Waals surface area contributed by atoms with E-state index in [4.69, 9.17) is 11.5 Å². The van der Waals surface area contributed by atoms with Gasteiger partial charge >= 0.3 is 0 Å². The molecule has 2 aromatic carbocycles. The maximum absolute atomic E-state index is 11.1. The molecule has 0 saturated heterocycles. The molecule has 2 aromatic rings. The summed E-state index contributed by atoms with van der Waals surface area (Å²) in [7, 11) is 0. The zero-order valence-electron chi connectivity index (χ0n) is 8.92. The molecule has 1 atom stereocenters. The van der Waals surface area contributed by atoms with Gasteiger partial charge in [-0.2, -0.15) is 0 Å². The van der Waals surface area contributed by atoms with E-state index >= 15 is 0 Å². The fraction of sp³-hybridized carbons (Fsp3) is 0. The van der Waals surface area contributed by atoms with Crippen LogP contribution in [0.15, 0.2) is 47.4 Å². The molecule has 0 radical (unpaired) electrons. The maximum atomic E-state index is 11.1. The molecule has 2 rings (SSSR count). The van der Waals surface area contributed by atoms with Crippen molar-refractivity contribution in [3.63, 3.8) is 0 Å². The Balaban J connectivity index is 2.69. The first kappa shape index (κ1) is 11.6. The summed E-state index contributed by atoms with van der Waals surface area (Å²) in [5.74, 6) is 0. The standard InChI is InChI=1S/C12H12N2O2S/c13-10-6-3-5-9(12(10)14)8-4-1-2-7-11(8)17(15)16/h1-7H,13-14H2,(H,15,16)/p-1. The summed E-state index contributed by atoms with van der Waals surface area (Å²) < 4.78 is 22.2. The van der Waals surface area contributed by atoms with Crippen LogP contribution >= 0.6 is 0 Å². The molecule has 0 saturated carbocycles. The highest BCUT2D eigenvalue weighted by Gasteiger charge is 2.09. The van der Waals surface area contributed by atoms with Gasteiger partial charge in [0.05, 0.1) is 11.4 Å². The van der Waals surface area contributed by atoms with Crippen molar-refractivity contribution in [1.82, 2.24) is 0 Å². The lowest BCUT2D eigenvalue weighted by Gasteiger charge is -2.14. The minimum Gasteiger partial charge on any atom is -0.768 e. The van der Waals surface area contributed by atoms with Crippen molar-refractivity contribution < 1.29 is 8.76 Å². The lowest BCUT2D eigenvalue weighted by atomic mass is 10.0. The lowest BCUT2D eigenvalue weighted by molar-refractivity contribution is 0.537. The average Bonchev–Trinajstić information content (AvgIpc) is 2.33. The number of hydrogen-bond donors (Lipinski definition) is 2. The number of anilines is 2. The van der Waals surface area contributed by atoms with Gasteiger partial charge in [-0.1, -0.05) is 30.3 Å². The predicted molar refractivity (Wildman–Crippen MR) is 67.9 cm³/mol. The summed E-state index contributed by atoms with van der Waals surface area (Å²) in [5.41, 5.74) is 13.6. The molecule has 4 N–H and O–H groups in total. The van der Waals surface area contributed by atoms with E-state index in [-0.39, 0.29) is 4.90 Å². The van der Waals surface area contributed by atoms with Gasteiger partial charge in [0, 0.05) is 10.5 Å². The van der Waals surface area contributed by atoms with Crippen LogP contribution in [0, 0.1) is 0 Å². The summed E-state index contributed by atoms with van der Waals surface area (Å²) in [5, 5.41) is 0. The molecule has 0 aliphatic carbocycles. The first-order valence-electron chi connectivity index (χ1n) is 4.94. The Morgan fingerprint density at radius 1 is 0.941 bits per heavy atom. The fourth-order valence-electron chi connectivity index (χ4n) is 1.65. The van der Waals surface area contributed by atoms with Crippen LogP contribution in [0.4, 0.5) is 11.4 Å². The van der Waals surface area contributed by atoms with Gasteiger partial charge < -0.3 is 16.0 Å². The number of nitrogen functional groups attached to an aromatic ring is 2. The summed E-state index contributed by atoms with van der Waals surface area (Å²) >= 11 is -2.30. The molecule has 5 heteroatoms. The Morgan fingerprint density at radius 2 is 1.59 bits per heavy atom. The van der Waals surface area contributed by atoms with Crippen LogP contribution in [0.3, 0.4) is 0 Å². The molecule has 0 spiro atoms. The second kappa shape index (κ2) is 4.57. The van der Waals surface area contributed by atoms with E-state index in [1.807, 2.05) is 0 Å². The van der Waals surface area contributed by atoms with E-state index in [1.54, 1.807) is 36.4 Å². The smallest absolute Gasteiger partial charge is 0.0627 e. The summed E-state index contributed by atoms with van der Waals surface area (Å²) in [6, 6.07) is 11.8. The van der Waals surface area contributed by atoms with Crippen molar-refractivity contribution in [2.45, 2.75) is 4.90 Å². The first-order valence-corrected chi connectivity index (χ1v) is 6.01. The maximum Gasteiger partial charge on any atom is 0.0627 e. The zero-order valence-corrected chi connectivity index (χ0v) is 9.74. The second-order valence-electron chi connectivity index (χ2n) is 3.54. The minimum absolute atomic E-state index is 0.213. The van der Waals surface area contributed by atoms with Gasteiger partial charge in [0.2, 0.25) is 0 Å². The van der Waals surface area contributed by atoms with Gasteiger partial charge in [0.15, 0.2) is 0 Å². The molecule has 1 unspecified atom stereocenters. The van der Waals surface area contributed by atoms with Crippen LogP contribution in [0.2, 0.25) is 0 Å². The third-order valence-electron chi connectivity index (χ3n) is 2.50. The van der Waals surface area contributed by atoms with Crippen LogP contribution in [0.5, 0.6) is 0 Å². The number of rotatable bonds is 2. The number of benzene rings is 2. The largest absolute Gasteiger partial charge is 0.768 e. The molecule has 0 fully saturated rings.